The van der Waals surface area contributed by atoms with Gasteiger partial charge in [0.2, 0.25) is 11.1 Å². The van der Waals surface area contributed by atoms with Crippen LogP contribution < -0.4 is 10.2 Å². The zero-order chi connectivity index (χ0) is 13.2. The molecule has 2 aromatic rings. The number of aromatic nitrogens is 3. The van der Waals surface area contributed by atoms with Crippen LogP contribution in [-0.2, 0) is 11.4 Å². The molecule has 0 bridgehead atoms. The molecule has 0 radical (unpaired) electrons. The Morgan fingerprint density at radius 2 is 2.26 bits per heavy atom. The second-order valence-electron chi connectivity index (χ2n) is 3.78. The zero-order valence-electron chi connectivity index (χ0n) is 9.67. The third-order valence-electron chi connectivity index (χ3n) is 2.46. The first-order valence-electron chi connectivity index (χ1n) is 5.48. The summed E-state index contributed by atoms with van der Waals surface area (Å²) in [6.07, 6.45) is 0. The molecule has 1 amide bonds. The van der Waals surface area contributed by atoms with Crippen LogP contribution >= 0.6 is 11.8 Å². The van der Waals surface area contributed by atoms with Gasteiger partial charge in [0.1, 0.15) is 6.61 Å². The summed E-state index contributed by atoms with van der Waals surface area (Å²) in [4.78, 5) is 11.3. The number of benzene rings is 1. The van der Waals surface area contributed by atoms with Gasteiger partial charge in [-0.2, -0.15) is 0 Å². The molecule has 8 heteroatoms. The van der Waals surface area contributed by atoms with E-state index in [0.29, 0.717) is 16.7 Å². The number of amides is 1. The minimum Gasteiger partial charge on any atom is -0.482 e. The summed E-state index contributed by atoms with van der Waals surface area (Å²) >= 11 is 1.29. The number of thioether (sulfide) groups is 1. The average Bonchev–Trinajstić information content (AvgIpc) is 2.80. The highest BCUT2D eigenvalue weighted by atomic mass is 32.2. The highest BCUT2D eigenvalue weighted by molar-refractivity contribution is 7.99. The molecule has 0 aliphatic carbocycles. The van der Waals surface area contributed by atoms with Crippen LogP contribution in [0.1, 0.15) is 5.82 Å². The van der Waals surface area contributed by atoms with Crippen LogP contribution in [0.2, 0.25) is 0 Å². The summed E-state index contributed by atoms with van der Waals surface area (Å²) in [5, 5.41) is 8.41. The van der Waals surface area contributed by atoms with Gasteiger partial charge in [-0.05, 0) is 12.1 Å². The van der Waals surface area contributed by atoms with Crippen molar-refractivity contribution in [3.8, 4) is 5.75 Å². The molecule has 1 aliphatic heterocycles. The van der Waals surface area contributed by atoms with Crippen molar-refractivity contribution >= 4 is 17.7 Å². The van der Waals surface area contributed by atoms with E-state index >= 15 is 0 Å². The first-order valence-corrected chi connectivity index (χ1v) is 6.47. The maximum Gasteiger partial charge on any atom is 0.249 e. The fourth-order valence-electron chi connectivity index (χ4n) is 1.59. The van der Waals surface area contributed by atoms with Crippen LogP contribution in [0.4, 0.5) is 4.39 Å². The summed E-state index contributed by atoms with van der Waals surface area (Å²) in [7, 11) is 0. The predicted molar refractivity (Wildman–Crippen MR) is 65.8 cm³/mol. The standard InChI is InChI=1S/C11H9FN4O2S/c12-7-3-1-2-4-8(7)18-5-9-13-14-11-16(9)15-10(17)6-19-11/h1-4H,5-6H2,(H,15,17). The van der Waals surface area contributed by atoms with Gasteiger partial charge in [-0.3, -0.25) is 10.2 Å². The van der Waals surface area contributed by atoms with E-state index in [-0.39, 0.29) is 18.3 Å². The van der Waals surface area contributed by atoms with E-state index in [4.69, 9.17) is 4.74 Å². The minimum absolute atomic E-state index is 0.0226. The van der Waals surface area contributed by atoms with E-state index in [1.165, 1.54) is 28.6 Å². The molecule has 3 rings (SSSR count). The van der Waals surface area contributed by atoms with Crippen LogP contribution in [0, 0.1) is 5.82 Å². The number of hydrogen-bond donors (Lipinski definition) is 1. The van der Waals surface area contributed by atoms with E-state index in [1.807, 2.05) is 0 Å². The molecule has 98 valence electrons. The number of carbonyl (C=O) groups is 1. The molecule has 0 saturated carbocycles. The zero-order valence-corrected chi connectivity index (χ0v) is 10.5. The number of nitrogens with one attached hydrogen (secondary N) is 1. The molecule has 6 nitrogen and oxygen atoms in total. The second kappa shape index (κ2) is 4.88. The number of hydrogen-bond acceptors (Lipinski definition) is 5. The lowest BCUT2D eigenvalue weighted by atomic mass is 10.3. The van der Waals surface area contributed by atoms with Crippen LogP contribution in [0.25, 0.3) is 0 Å². The fraction of sp³-hybridized carbons (Fsp3) is 0.182. The lowest BCUT2D eigenvalue weighted by Gasteiger charge is -2.15. The molecular weight excluding hydrogens is 271 g/mol. The van der Waals surface area contributed by atoms with Crippen LogP contribution in [0.15, 0.2) is 29.4 Å². The van der Waals surface area contributed by atoms with Gasteiger partial charge in [0.15, 0.2) is 17.4 Å². The molecule has 0 unspecified atom stereocenters. The fourth-order valence-corrected chi connectivity index (χ4v) is 2.29. The number of halogens is 1. The van der Waals surface area contributed by atoms with Gasteiger partial charge in [-0.15, -0.1) is 10.2 Å². The Balaban J connectivity index is 1.76. The highest BCUT2D eigenvalue weighted by Crippen LogP contribution is 2.21. The minimum atomic E-state index is -0.445. The maximum absolute atomic E-state index is 13.4. The van der Waals surface area contributed by atoms with Crippen molar-refractivity contribution < 1.29 is 13.9 Å². The molecule has 0 saturated heterocycles. The molecule has 19 heavy (non-hydrogen) atoms. The molecule has 0 spiro atoms. The summed E-state index contributed by atoms with van der Waals surface area (Å²) in [5.41, 5.74) is 2.62. The summed E-state index contributed by atoms with van der Waals surface area (Å²) < 4.78 is 20.2. The summed E-state index contributed by atoms with van der Waals surface area (Å²) in [5.74, 6) is 0.281. The molecule has 1 aromatic carbocycles. The van der Waals surface area contributed by atoms with E-state index < -0.39 is 5.82 Å². The topological polar surface area (TPSA) is 69.0 Å². The van der Waals surface area contributed by atoms with Crippen molar-refractivity contribution in [3.05, 3.63) is 35.9 Å². The number of nitrogens with zero attached hydrogens (tertiary/aromatic N) is 3. The maximum atomic E-state index is 13.4. The van der Waals surface area contributed by atoms with Crippen molar-refractivity contribution in [1.29, 1.82) is 0 Å². The Hall–Kier alpha value is -2.09. The molecule has 1 aromatic heterocycles. The third kappa shape index (κ3) is 2.39. The van der Waals surface area contributed by atoms with Crippen LogP contribution in [-0.4, -0.2) is 26.5 Å². The van der Waals surface area contributed by atoms with Gasteiger partial charge in [0.05, 0.1) is 5.75 Å². The third-order valence-corrected chi connectivity index (χ3v) is 3.39. The van der Waals surface area contributed by atoms with Crippen molar-refractivity contribution in [1.82, 2.24) is 14.9 Å². The Kier molecular flexibility index (Phi) is 3.08. The largest absolute Gasteiger partial charge is 0.482 e. The monoisotopic (exact) mass is 280 g/mol. The predicted octanol–water partition coefficient (Wildman–Crippen LogP) is 1.17. The average molecular weight is 280 g/mol. The molecule has 0 fully saturated rings. The molecular formula is C11H9FN4O2S. The van der Waals surface area contributed by atoms with Gasteiger partial charge in [0.25, 0.3) is 0 Å². The van der Waals surface area contributed by atoms with Gasteiger partial charge in [-0.1, -0.05) is 23.9 Å². The smallest absolute Gasteiger partial charge is 0.249 e. The van der Waals surface area contributed by atoms with E-state index in [9.17, 15) is 9.18 Å². The second-order valence-corrected chi connectivity index (χ2v) is 4.72. The van der Waals surface area contributed by atoms with Gasteiger partial charge >= 0.3 is 0 Å². The Bertz CT molecular complexity index is 631. The van der Waals surface area contributed by atoms with Gasteiger partial charge in [0, 0.05) is 0 Å². The molecule has 0 atom stereocenters. The molecule has 2 heterocycles. The summed E-state index contributed by atoms with van der Waals surface area (Å²) in [6.45, 7) is 0.0226. The number of carbonyl (C=O) groups excluding carboxylic acids is 1. The number of para-hydroxylation sites is 1. The molecule has 1 aliphatic rings. The summed E-state index contributed by atoms with van der Waals surface area (Å²) in [6, 6.07) is 6.09. The Morgan fingerprint density at radius 1 is 1.42 bits per heavy atom. The highest BCUT2D eigenvalue weighted by Gasteiger charge is 2.21. The normalized spacial score (nSPS) is 13.8. The lowest BCUT2D eigenvalue weighted by Crippen LogP contribution is -2.31. The van der Waals surface area contributed by atoms with Crippen molar-refractivity contribution in [2.45, 2.75) is 11.8 Å². The number of fused-ring (bicyclic) bond motifs is 1. The Labute approximate surface area is 111 Å². The number of rotatable bonds is 3. The SMILES string of the molecule is O=C1CSc2nnc(COc3ccccc3F)n2N1. The van der Waals surface area contributed by atoms with E-state index in [1.54, 1.807) is 12.1 Å². The van der Waals surface area contributed by atoms with Crippen LogP contribution in [0.3, 0.4) is 0 Å². The Morgan fingerprint density at radius 3 is 3.11 bits per heavy atom. The first-order chi connectivity index (χ1) is 9.24. The van der Waals surface area contributed by atoms with Crippen molar-refractivity contribution in [2.24, 2.45) is 0 Å². The first kappa shape index (κ1) is 12.0. The van der Waals surface area contributed by atoms with Crippen molar-refractivity contribution in [3.63, 3.8) is 0 Å². The van der Waals surface area contributed by atoms with E-state index in [2.05, 4.69) is 15.6 Å². The molecule has 1 N–H and O–H groups in total. The quantitative estimate of drug-likeness (QED) is 0.914. The van der Waals surface area contributed by atoms with Gasteiger partial charge < -0.3 is 4.74 Å². The van der Waals surface area contributed by atoms with E-state index in [0.717, 1.165) is 0 Å². The lowest BCUT2D eigenvalue weighted by molar-refractivity contribution is -0.115. The van der Waals surface area contributed by atoms with Gasteiger partial charge in [-0.25, -0.2) is 9.07 Å². The van der Waals surface area contributed by atoms with Crippen molar-refractivity contribution in [2.75, 3.05) is 11.2 Å². The van der Waals surface area contributed by atoms with Crippen LogP contribution in [0.5, 0.6) is 5.75 Å². The number of ether oxygens (including phenoxy) is 1.